The maximum atomic E-state index is 13.4. The van der Waals surface area contributed by atoms with Crippen molar-refractivity contribution in [2.75, 3.05) is 0 Å². The fourth-order valence-electron chi connectivity index (χ4n) is 1.62. The van der Waals surface area contributed by atoms with E-state index in [1.807, 2.05) is 19.1 Å². The van der Waals surface area contributed by atoms with Crippen molar-refractivity contribution in [3.05, 3.63) is 54.3 Å². The molecular formula is C12H8Br3FS. The maximum absolute atomic E-state index is 13.4. The Morgan fingerprint density at radius 1 is 1.18 bits per heavy atom. The van der Waals surface area contributed by atoms with Crippen LogP contribution < -0.4 is 0 Å². The Hall–Kier alpha value is 0.290. The SMILES string of the molecule is Cc1cc(F)cc(C(Br)c2cc(Br)sc2Br)c1. The van der Waals surface area contributed by atoms with Crippen LogP contribution >= 0.6 is 59.1 Å². The highest BCUT2D eigenvalue weighted by molar-refractivity contribution is 9.12. The van der Waals surface area contributed by atoms with E-state index in [1.165, 1.54) is 6.07 Å². The minimum absolute atomic E-state index is 0.00572. The minimum atomic E-state index is -0.199. The molecule has 1 aromatic heterocycles. The van der Waals surface area contributed by atoms with E-state index in [0.717, 1.165) is 24.3 Å². The van der Waals surface area contributed by atoms with Gasteiger partial charge < -0.3 is 0 Å². The van der Waals surface area contributed by atoms with Crippen molar-refractivity contribution in [3.8, 4) is 0 Å². The van der Waals surface area contributed by atoms with Crippen molar-refractivity contribution in [2.45, 2.75) is 11.8 Å². The van der Waals surface area contributed by atoms with Gasteiger partial charge in [0.15, 0.2) is 0 Å². The summed E-state index contributed by atoms with van der Waals surface area (Å²) in [6.45, 7) is 1.89. The number of thiophene rings is 1. The number of alkyl halides is 1. The lowest BCUT2D eigenvalue weighted by molar-refractivity contribution is 0.624. The van der Waals surface area contributed by atoms with E-state index in [0.29, 0.717) is 0 Å². The molecule has 0 fully saturated rings. The third-order valence-corrected chi connectivity index (χ3v) is 5.72. The fraction of sp³-hybridized carbons (Fsp3) is 0.167. The second-order valence-corrected chi connectivity index (χ2v) is 8.37. The number of benzene rings is 1. The second kappa shape index (κ2) is 5.51. The van der Waals surface area contributed by atoms with Crippen molar-refractivity contribution in [1.82, 2.24) is 0 Å². The van der Waals surface area contributed by atoms with Gasteiger partial charge >= 0.3 is 0 Å². The van der Waals surface area contributed by atoms with Gasteiger partial charge in [0.2, 0.25) is 0 Å². The molecule has 90 valence electrons. The third kappa shape index (κ3) is 3.19. The Morgan fingerprint density at radius 3 is 2.41 bits per heavy atom. The molecule has 0 saturated carbocycles. The lowest BCUT2D eigenvalue weighted by Crippen LogP contribution is -1.93. The molecule has 1 unspecified atom stereocenters. The molecule has 5 heteroatoms. The summed E-state index contributed by atoms with van der Waals surface area (Å²) in [6.07, 6.45) is 0. The highest BCUT2D eigenvalue weighted by Crippen LogP contribution is 2.42. The zero-order valence-electron chi connectivity index (χ0n) is 8.81. The average molecular weight is 443 g/mol. The van der Waals surface area contributed by atoms with E-state index in [9.17, 15) is 4.39 Å². The van der Waals surface area contributed by atoms with Gasteiger partial charge in [0, 0.05) is 0 Å². The topological polar surface area (TPSA) is 0 Å². The van der Waals surface area contributed by atoms with Crippen LogP contribution in [0.5, 0.6) is 0 Å². The maximum Gasteiger partial charge on any atom is 0.123 e. The van der Waals surface area contributed by atoms with Gasteiger partial charge in [-0.3, -0.25) is 0 Å². The molecule has 0 aliphatic heterocycles. The first kappa shape index (κ1) is 13.7. The number of hydrogen-bond donors (Lipinski definition) is 0. The van der Waals surface area contributed by atoms with Crippen LogP contribution in [-0.4, -0.2) is 0 Å². The van der Waals surface area contributed by atoms with Crippen molar-refractivity contribution in [1.29, 1.82) is 0 Å². The Balaban J connectivity index is 2.43. The van der Waals surface area contributed by atoms with Gasteiger partial charge in [-0.05, 0) is 73.7 Å². The van der Waals surface area contributed by atoms with E-state index >= 15 is 0 Å². The molecule has 0 spiro atoms. The zero-order chi connectivity index (χ0) is 12.6. The number of rotatable bonds is 2. The summed E-state index contributed by atoms with van der Waals surface area (Å²) < 4.78 is 15.5. The van der Waals surface area contributed by atoms with Gasteiger partial charge in [0.1, 0.15) is 5.82 Å². The minimum Gasteiger partial charge on any atom is -0.207 e. The third-order valence-electron chi connectivity index (χ3n) is 2.31. The van der Waals surface area contributed by atoms with E-state index < -0.39 is 0 Å². The Morgan fingerprint density at radius 2 is 1.88 bits per heavy atom. The highest BCUT2D eigenvalue weighted by Gasteiger charge is 2.17. The van der Waals surface area contributed by atoms with Gasteiger partial charge in [0.25, 0.3) is 0 Å². The fourth-order valence-corrected chi connectivity index (χ4v) is 5.60. The van der Waals surface area contributed by atoms with Crippen LogP contribution in [0.3, 0.4) is 0 Å². The van der Waals surface area contributed by atoms with Gasteiger partial charge in [-0.2, -0.15) is 0 Å². The van der Waals surface area contributed by atoms with E-state index in [2.05, 4.69) is 47.8 Å². The summed E-state index contributed by atoms with van der Waals surface area (Å²) in [4.78, 5) is -0.00572. The highest BCUT2D eigenvalue weighted by atomic mass is 79.9. The molecule has 0 aliphatic rings. The predicted octanol–water partition coefficient (Wildman–Crippen LogP) is 6.20. The first-order valence-electron chi connectivity index (χ1n) is 4.83. The largest absolute Gasteiger partial charge is 0.207 e. The van der Waals surface area contributed by atoms with Gasteiger partial charge in [-0.25, -0.2) is 4.39 Å². The van der Waals surface area contributed by atoms with Gasteiger partial charge in [0.05, 0.1) is 12.4 Å². The molecule has 0 radical (unpaired) electrons. The van der Waals surface area contributed by atoms with Crippen LogP contribution in [0.1, 0.15) is 21.5 Å². The number of aryl methyl sites for hydroxylation is 1. The number of hydrogen-bond acceptors (Lipinski definition) is 1. The first-order valence-corrected chi connectivity index (χ1v) is 8.15. The van der Waals surface area contributed by atoms with Crippen LogP contribution in [0, 0.1) is 12.7 Å². The van der Waals surface area contributed by atoms with Crippen molar-refractivity contribution in [2.24, 2.45) is 0 Å². The summed E-state index contributed by atoms with van der Waals surface area (Å²) in [5, 5.41) is 0. The molecular weight excluding hydrogens is 435 g/mol. The summed E-state index contributed by atoms with van der Waals surface area (Å²) in [5.41, 5.74) is 2.95. The van der Waals surface area contributed by atoms with Crippen LogP contribution in [-0.2, 0) is 0 Å². The molecule has 2 aromatic rings. The Kier molecular flexibility index (Phi) is 4.45. The quantitative estimate of drug-likeness (QED) is 0.485. The van der Waals surface area contributed by atoms with Crippen molar-refractivity contribution < 1.29 is 4.39 Å². The molecule has 0 saturated heterocycles. The van der Waals surface area contributed by atoms with Crippen molar-refractivity contribution >= 4 is 59.1 Å². The molecule has 0 aliphatic carbocycles. The lowest BCUT2D eigenvalue weighted by Gasteiger charge is -2.10. The Labute approximate surface area is 129 Å². The smallest absolute Gasteiger partial charge is 0.123 e. The van der Waals surface area contributed by atoms with Crippen LogP contribution in [0.2, 0.25) is 0 Å². The molecule has 0 N–H and O–H groups in total. The molecule has 1 atom stereocenters. The normalized spacial score (nSPS) is 12.8. The van der Waals surface area contributed by atoms with E-state index in [4.69, 9.17) is 0 Å². The van der Waals surface area contributed by atoms with Gasteiger partial charge in [-0.15, -0.1) is 11.3 Å². The summed E-state index contributed by atoms with van der Waals surface area (Å²) in [6, 6.07) is 7.11. The van der Waals surface area contributed by atoms with Crippen molar-refractivity contribution in [3.63, 3.8) is 0 Å². The molecule has 1 aromatic carbocycles. The zero-order valence-corrected chi connectivity index (χ0v) is 14.4. The average Bonchev–Trinajstić information content (AvgIpc) is 2.55. The van der Waals surface area contributed by atoms with E-state index in [1.54, 1.807) is 17.4 Å². The molecule has 17 heavy (non-hydrogen) atoms. The number of halogens is 4. The lowest BCUT2D eigenvalue weighted by atomic mass is 10.1. The van der Waals surface area contributed by atoms with Crippen LogP contribution in [0.15, 0.2) is 31.8 Å². The monoisotopic (exact) mass is 440 g/mol. The van der Waals surface area contributed by atoms with E-state index in [-0.39, 0.29) is 10.6 Å². The summed E-state index contributed by atoms with van der Waals surface area (Å²) in [7, 11) is 0. The van der Waals surface area contributed by atoms with Crippen LogP contribution in [0.4, 0.5) is 4.39 Å². The molecule has 2 rings (SSSR count). The summed E-state index contributed by atoms with van der Waals surface area (Å²) in [5.74, 6) is -0.199. The predicted molar refractivity (Wildman–Crippen MR) is 81.6 cm³/mol. The molecule has 0 nitrogen and oxygen atoms in total. The molecule has 0 bridgehead atoms. The first-order chi connectivity index (χ1) is 7.97. The summed E-state index contributed by atoms with van der Waals surface area (Å²) >= 11 is 12.2. The standard InChI is InChI=1S/C12H8Br3FS/c1-6-2-7(4-8(16)3-6)11(14)9-5-10(13)17-12(9)15/h2-5,11H,1H3. The molecule has 1 heterocycles. The molecule has 0 amide bonds. The van der Waals surface area contributed by atoms with Gasteiger partial charge in [-0.1, -0.05) is 22.0 Å². The van der Waals surface area contributed by atoms with Crippen LogP contribution in [0.25, 0.3) is 0 Å². The second-order valence-electron chi connectivity index (χ2n) is 3.70. The Bertz CT molecular complexity index is 530.